The predicted molar refractivity (Wildman–Crippen MR) is 90.5 cm³/mol. The molecule has 1 aromatic heterocycles. The second kappa shape index (κ2) is 6.20. The van der Waals surface area contributed by atoms with Crippen LogP contribution in [-0.4, -0.2) is 13.1 Å². The zero-order chi connectivity index (χ0) is 17.3. The van der Waals surface area contributed by atoms with E-state index in [2.05, 4.69) is 0 Å². The number of rotatable bonds is 3. The van der Waals surface area contributed by atoms with Gasteiger partial charge < -0.3 is 13.9 Å². The van der Waals surface area contributed by atoms with Crippen molar-refractivity contribution in [3.05, 3.63) is 58.4 Å². The summed E-state index contributed by atoms with van der Waals surface area (Å²) in [5.41, 5.74) is 1.92. The van der Waals surface area contributed by atoms with Crippen molar-refractivity contribution in [2.75, 3.05) is 7.11 Å². The highest BCUT2D eigenvalue weighted by molar-refractivity contribution is 5.87. The topological polar surface area (TPSA) is 65.7 Å². The van der Waals surface area contributed by atoms with Crippen LogP contribution in [0.2, 0.25) is 0 Å². The van der Waals surface area contributed by atoms with Crippen LogP contribution in [-0.2, 0) is 4.79 Å². The minimum absolute atomic E-state index is 0.168. The number of carbonyl (C=O) groups excluding carboxylic acids is 1. The highest BCUT2D eigenvalue weighted by Gasteiger charge is 2.16. The van der Waals surface area contributed by atoms with Crippen molar-refractivity contribution >= 4 is 16.9 Å². The van der Waals surface area contributed by atoms with Gasteiger partial charge in [-0.05, 0) is 25.1 Å². The average molecular weight is 324 g/mol. The van der Waals surface area contributed by atoms with Gasteiger partial charge in [-0.15, -0.1) is 0 Å². The molecule has 0 aliphatic heterocycles. The normalized spacial score (nSPS) is 10.6. The van der Waals surface area contributed by atoms with Crippen molar-refractivity contribution < 1.29 is 18.7 Å². The highest BCUT2D eigenvalue weighted by atomic mass is 16.5. The Morgan fingerprint density at radius 1 is 1.04 bits per heavy atom. The molecule has 2 aromatic carbocycles. The summed E-state index contributed by atoms with van der Waals surface area (Å²) >= 11 is 0. The third-order valence-corrected chi connectivity index (χ3v) is 3.79. The standard InChI is InChI=1S/C19H16O5/c1-11-16(24-12(2)20)9-8-14-18(21)15(10-23-19(11)14)13-6-4-5-7-17(13)22-3/h4-10H,1-3H3. The zero-order valence-electron chi connectivity index (χ0n) is 13.6. The lowest BCUT2D eigenvalue weighted by Gasteiger charge is -2.10. The average Bonchev–Trinajstić information content (AvgIpc) is 2.57. The molecule has 0 spiro atoms. The molecule has 24 heavy (non-hydrogen) atoms. The van der Waals surface area contributed by atoms with E-state index in [4.69, 9.17) is 13.9 Å². The van der Waals surface area contributed by atoms with E-state index in [0.29, 0.717) is 39.2 Å². The first kappa shape index (κ1) is 15.8. The first-order valence-electron chi connectivity index (χ1n) is 7.40. The van der Waals surface area contributed by atoms with Gasteiger partial charge in [0.15, 0.2) is 0 Å². The Morgan fingerprint density at radius 2 is 1.79 bits per heavy atom. The number of hydrogen-bond donors (Lipinski definition) is 0. The molecule has 0 aliphatic rings. The second-order valence-corrected chi connectivity index (χ2v) is 5.34. The van der Waals surface area contributed by atoms with E-state index in [-0.39, 0.29) is 5.43 Å². The number of hydrogen-bond acceptors (Lipinski definition) is 5. The predicted octanol–water partition coefficient (Wildman–Crippen LogP) is 3.70. The molecule has 3 rings (SSSR count). The minimum atomic E-state index is -0.426. The van der Waals surface area contributed by atoms with Crippen molar-refractivity contribution in [3.8, 4) is 22.6 Å². The summed E-state index contributed by atoms with van der Waals surface area (Å²) in [6.07, 6.45) is 1.41. The van der Waals surface area contributed by atoms with Gasteiger partial charge in [0.1, 0.15) is 23.3 Å². The van der Waals surface area contributed by atoms with Crippen molar-refractivity contribution in [1.82, 2.24) is 0 Å². The van der Waals surface area contributed by atoms with Crippen LogP contribution >= 0.6 is 0 Å². The third kappa shape index (κ3) is 2.65. The number of ether oxygens (including phenoxy) is 2. The molecule has 122 valence electrons. The maximum atomic E-state index is 12.9. The van der Waals surface area contributed by atoms with Crippen LogP contribution in [0, 0.1) is 6.92 Å². The zero-order valence-corrected chi connectivity index (χ0v) is 13.6. The van der Waals surface area contributed by atoms with E-state index in [0.717, 1.165) is 0 Å². The fraction of sp³-hybridized carbons (Fsp3) is 0.158. The molecule has 0 amide bonds. The molecule has 0 saturated heterocycles. The molecule has 1 heterocycles. The maximum Gasteiger partial charge on any atom is 0.308 e. The van der Waals surface area contributed by atoms with Crippen molar-refractivity contribution in [3.63, 3.8) is 0 Å². The van der Waals surface area contributed by atoms with E-state index in [1.807, 2.05) is 12.1 Å². The van der Waals surface area contributed by atoms with Gasteiger partial charge in [-0.1, -0.05) is 18.2 Å². The van der Waals surface area contributed by atoms with Crippen LogP contribution in [0.3, 0.4) is 0 Å². The largest absolute Gasteiger partial charge is 0.496 e. The first-order valence-corrected chi connectivity index (χ1v) is 7.40. The van der Waals surface area contributed by atoms with Gasteiger partial charge in [-0.2, -0.15) is 0 Å². The Labute approximate surface area is 138 Å². The first-order chi connectivity index (χ1) is 11.5. The molecule has 0 atom stereocenters. The van der Waals surface area contributed by atoms with Crippen LogP contribution in [0.5, 0.6) is 11.5 Å². The van der Waals surface area contributed by atoms with Gasteiger partial charge in [-0.25, -0.2) is 0 Å². The Bertz CT molecular complexity index is 985. The molecule has 0 aliphatic carbocycles. The number of benzene rings is 2. The molecule has 0 radical (unpaired) electrons. The van der Waals surface area contributed by atoms with Gasteiger partial charge in [0.2, 0.25) is 5.43 Å². The number of aryl methyl sites for hydroxylation is 1. The summed E-state index contributed by atoms with van der Waals surface area (Å²) in [5, 5.41) is 0.423. The minimum Gasteiger partial charge on any atom is -0.496 e. The quantitative estimate of drug-likeness (QED) is 0.543. The lowest BCUT2D eigenvalue weighted by atomic mass is 10.0. The summed E-state index contributed by atoms with van der Waals surface area (Å²) in [4.78, 5) is 24.0. The second-order valence-electron chi connectivity index (χ2n) is 5.34. The third-order valence-electron chi connectivity index (χ3n) is 3.79. The van der Waals surface area contributed by atoms with Gasteiger partial charge in [-0.3, -0.25) is 9.59 Å². The fourth-order valence-corrected chi connectivity index (χ4v) is 2.64. The van der Waals surface area contributed by atoms with Crippen molar-refractivity contribution in [2.45, 2.75) is 13.8 Å². The fourth-order valence-electron chi connectivity index (χ4n) is 2.64. The van der Waals surface area contributed by atoms with Gasteiger partial charge in [0.25, 0.3) is 0 Å². The van der Waals surface area contributed by atoms with E-state index in [1.165, 1.54) is 13.2 Å². The Hall–Kier alpha value is -3.08. The van der Waals surface area contributed by atoms with E-state index < -0.39 is 5.97 Å². The SMILES string of the molecule is COc1ccccc1-c1coc2c(C)c(OC(C)=O)ccc2c1=O. The Balaban J connectivity index is 2.23. The van der Waals surface area contributed by atoms with Crippen molar-refractivity contribution in [1.29, 1.82) is 0 Å². The molecule has 5 nitrogen and oxygen atoms in total. The van der Waals surface area contributed by atoms with Crippen LogP contribution in [0.25, 0.3) is 22.1 Å². The summed E-state index contributed by atoms with van der Waals surface area (Å²) in [5.74, 6) is 0.547. The van der Waals surface area contributed by atoms with E-state index in [9.17, 15) is 9.59 Å². The number of fused-ring (bicyclic) bond motifs is 1. The summed E-state index contributed by atoms with van der Waals surface area (Å²) < 4.78 is 16.1. The van der Waals surface area contributed by atoms with Gasteiger partial charge in [0, 0.05) is 18.1 Å². The molecule has 3 aromatic rings. The number of methoxy groups -OCH3 is 1. The molecule has 0 saturated carbocycles. The molecule has 0 N–H and O–H groups in total. The molecule has 0 fully saturated rings. The molecule has 0 unspecified atom stereocenters. The molecule has 0 bridgehead atoms. The van der Waals surface area contributed by atoms with Gasteiger partial charge >= 0.3 is 5.97 Å². The van der Waals surface area contributed by atoms with Gasteiger partial charge in [0.05, 0.1) is 18.1 Å². The highest BCUT2D eigenvalue weighted by Crippen LogP contribution is 2.31. The summed E-state index contributed by atoms with van der Waals surface area (Å²) in [7, 11) is 1.55. The van der Waals surface area contributed by atoms with Crippen LogP contribution < -0.4 is 14.9 Å². The smallest absolute Gasteiger partial charge is 0.308 e. The van der Waals surface area contributed by atoms with E-state index in [1.54, 1.807) is 38.3 Å². The van der Waals surface area contributed by atoms with Crippen molar-refractivity contribution in [2.24, 2.45) is 0 Å². The van der Waals surface area contributed by atoms with Crippen LogP contribution in [0.1, 0.15) is 12.5 Å². The Kier molecular flexibility index (Phi) is 4.08. The monoisotopic (exact) mass is 324 g/mol. The molecular formula is C19H16O5. The summed E-state index contributed by atoms with van der Waals surface area (Å²) in [6, 6.07) is 10.5. The summed E-state index contributed by atoms with van der Waals surface area (Å²) in [6.45, 7) is 3.07. The van der Waals surface area contributed by atoms with Crippen LogP contribution in [0.4, 0.5) is 0 Å². The lowest BCUT2D eigenvalue weighted by molar-refractivity contribution is -0.131. The number of esters is 1. The lowest BCUT2D eigenvalue weighted by Crippen LogP contribution is -2.08. The Morgan fingerprint density at radius 3 is 2.50 bits per heavy atom. The number of carbonyl (C=O) groups is 1. The number of para-hydroxylation sites is 1. The van der Waals surface area contributed by atoms with E-state index >= 15 is 0 Å². The molecular weight excluding hydrogens is 308 g/mol. The molecule has 5 heteroatoms. The van der Waals surface area contributed by atoms with Crippen LogP contribution in [0.15, 0.2) is 51.9 Å². The maximum absolute atomic E-state index is 12.9.